The van der Waals surface area contributed by atoms with Crippen molar-refractivity contribution in [3.05, 3.63) is 146 Å². The third-order valence-corrected chi connectivity index (χ3v) is 7.01. The highest BCUT2D eigenvalue weighted by Gasteiger charge is 2.01. The first-order valence-electron chi connectivity index (χ1n) is 18.3. The van der Waals surface area contributed by atoms with E-state index in [9.17, 15) is 5.11 Å². The van der Waals surface area contributed by atoms with E-state index in [4.69, 9.17) is 0 Å². The van der Waals surface area contributed by atoms with E-state index in [1.807, 2.05) is 0 Å². The van der Waals surface area contributed by atoms with Gasteiger partial charge < -0.3 is 5.11 Å². The van der Waals surface area contributed by atoms with Crippen molar-refractivity contribution in [2.45, 2.75) is 136 Å². The van der Waals surface area contributed by atoms with Crippen molar-refractivity contribution < 1.29 is 5.11 Å². The molecule has 0 saturated carbocycles. The summed E-state index contributed by atoms with van der Waals surface area (Å²) in [6, 6.07) is 0. The Hall–Kier alpha value is -3.16. The predicted octanol–water partition coefficient (Wildman–Crippen LogP) is 14.1. The van der Waals surface area contributed by atoms with Crippen molar-refractivity contribution in [3.8, 4) is 0 Å². The molecule has 1 heteroatoms. The van der Waals surface area contributed by atoms with E-state index in [1.165, 1.54) is 0 Å². The van der Waals surface area contributed by atoms with Gasteiger partial charge in [-0.15, -0.1) is 0 Å². The SMILES string of the molecule is CCC=CCC=CCC=CCC=CCC=CCC=CCCCC(O)CCCC=CCC=CCC=CCC=CCC=CCC=CCC. The van der Waals surface area contributed by atoms with Crippen LogP contribution < -0.4 is 0 Å². The van der Waals surface area contributed by atoms with E-state index in [2.05, 4.69) is 160 Å². The molecule has 0 aromatic heterocycles. The molecular formula is C45H68O. The Kier molecular flexibility index (Phi) is 37.1. The summed E-state index contributed by atoms with van der Waals surface area (Å²) in [5.41, 5.74) is 0. The molecule has 0 bridgehead atoms. The van der Waals surface area contributed by atoms with Gasteiger partial charge in [0.25, 0.3) is 0 Å². The Morgan fingerprint density at radius 1 is 0.304 bits per heavy atom. The van der Waals surface area contributed by atoms with Crippen molar-refractivity contribution >= 4 is 0 Å². The van der Waals surface area contributed by atoms with E-state index < -0.39 is 0 Å². The van der Waals surface area contributed by atoms with Crippen molar-refractivity contribution in [2.24, 2.45) is 0 Å². The van der Waals surface area contributed by atoms with Gasteiger partial charge in [0.1, 0.15) is 0 Å². The van der Waals surface area contributed by atoms with Gasteiger partial charge in [-0.25, -0.2) is 0 Å². The molecule has 0 heterocycles. The Morgan fingerprint density at radius 3 is 0.717 bits per heavy atom. The lowest BCUT2D eigenvalue weighted by molar-refractivity contribution is 0.150. The highest BCUT2D eigenvalue weighted by molar-refractivity contribution is 5.03. The molecule has 0 atom stereocenters. The van der Waals surface area contributed by atoms with Crippen LogP contribution in [0.15, 0.2) is 146 Å². The number of aliphatic hydroxyl groups excluding tert-OH is 1. The van der Waals surface area contributed by atoms with Crippen molar-refractivity contribution in [1.29, 1.82) is 0 Å². The Bertz CT molecular complexity index is 906. The smallest absolute Gasteiger partial charge is 0.0540 e. The van der Waals surface area contributed by atoms with Crippen LogP contribution in [-0.2, 0) is 0 Å². The molecule has 0 unspecified atom stereocenters. The molecule has 0 saturated heterocycles. The van der Waals surface area contributed by atoms with Gasteiger partial charge in [0.05, 0.1) is 6.10 Å². The number of rotatable bonds is 30. The lowest BCUT2D eigenvalue weighted by atomic mass is 10.1. The van der Waals surface area contributed by atoms with Gasteiger partial charge in [-0.05, 0) is 116 Å². The van der Waals surface area contributed by atoms with E-state index in [0.29, 0.717) is 0 Å². The second-order valence-electron chi connectivity index (χ2n) is 11.3. The minimum Gasteiger partial charge on any atom is -0.393 e. The van der Waals surface area contributed by atoms with Crippen LogP contribution in [0.5, 0.6) is 0 Å². The largest absolute Gasteiger partial charge is 0.393 e. The third kappa shape index (κ3) is 38.9. The molecule has 0 spiro atoms. The molecule has 46 heavy (non-hydrogen) atoms. The fraction of sp³-hybridized carbons (Fsp3) is 0.467. The van der Waals surface area contributed by atoms with Gasteiger partial charge in [0.15, 0.2) is 0 Å². The standard InChI is InChI=1S/C45H68O/c1-3-5-7-9-11-13-15-17-19-21-23-25-27-29-31-33-35-37-39-41-43-45(46)44-42-40-38-36-34-32-30-28-26-24-22-20-18-16-14-12-10-8-6-4-2/h5-8,11-14,17-20,23-26,29-32,35-38,45-46H,3-4,9-10,15-16,21-22,27-28,33-34,39-44H2,1-2H3. The van der Waals surface area contributed by atoms with Crippen LogP contribution in [0, 0.1) is 0 Å². The first kappa shape index (κ1) is 42.8. The molecule has 254 valence electrons. The molecule has 0 aromatic carbocycles. The van der Waals surface area contributed by atoms with Gasteiger partial charge in [0, 0.05) is 0 Å². The summed E-state index contributed by atoms with van der Waals surface area (Å²) in [6.45, 7) is 4.33. The molecule has 0 aromatic rings. The topological polar surface area (TPSA) is 20.2 Å². The zero-order valence-electron chi connectivity index (χ0n) is 29.6. The fourth-order valence-corrected chi connectivity index (χ4v) is 4.37. The highest BCUT2D eigenvalue weighted by atomic mass is 16.3. The predicted molar refractivity (Wildman–Crippen MR) is 210 cm³/mol. The van der Waals surface area contributed by atoms with Crippen molar-refractivity contribution in [1.82, 2.24) is 0 Å². The maximum absolute atomic E-state index is 10.3. The second-order valence-corrected chi connectivity index (χ2v) is 11.3. The molecule has 0 radical (unpaired) electrons. The number of hydrogen-bond donors (Lipinski definition) is 1. The molecule has 0 aliphatic carbocycles. The van der Waals surface area contributed by atoms with Gasteiger partial charge in [-0.2, -0.15) is 0 Å². The summed E-state index contributed by atoms with van der Waals surface area (Å²) in [6.07, 6.45) is 71.8. The molecule has 0 amide bonds. The number of aliphatic hydroxyl groups is 1. The van der Waals surface area contributed by atoms with Crippen LogP contribution in [0.2, 0.25) is 0 Å². The Morgan fingerprint density at radius 2 is 0.500 bits per heavy atom. The number of unbranched alkanes of at least 4 members (excludes halogenated alkanes) is 2. The highest BCUT2D eigenvalue weighted by Crippen LogP contribution is 2.10. The summed E-state index contributed by atoms with van der Waals surface area (Å²) in [4.78, 5) is 0. The van der Waals surface area contributed by atoms with Crippen molar-refractivity contribution in [3.63, 3.8) is 0 Å². The minimum atomic E-state index is -0.168. The minimum absolute atomic E-state index is 0.168. The summed E-state index contributed by atoms with van der Waals surface area (Å²) in [5.74, 6) is 0. The molecule has 0 aliphatic heterocycles. The van der Waals surface area contributed by atoms with Crippen LogP contribution in [-0.4, -0.2) is 11.2 Å². The zero-order valence-corrected chi connectivity index (χ0v) is 29.6. The monoisotopic (exact) mass is 625 g/mol. The molecule has 0 fully saturated rings. The van der Waals surface area contributed by atoms with Crippen LogP contribution in [0.3, 0.4) is 0 Å². The molecular weight excluding hydrogens is 556 g/mol. The lowest BCUT2D eigenvalue weighted by Crippen LogP contribution is -2.05. The van der Waals surface area contributed by atoms with Gasteiger partial charge in [0.2, 0.25) is 0 Å². The van der Waals surface area contributed by atoms with Crippen LogP contribution in [0.4, 0.5) is 0 Å². The first-order valence-corrected chi connectivity index (χ1v) is 18.3. The second kappa shape index (κ2) is 39.9. The quantitative estimate of drug-likeness (QED) is 0.0622. The van der Waals surface area contributed by atoms with E-state index in [1.54, 1.807) is 0 Å². The molecule has 1 N–H and O–H groups in total. The molecule has 1 nitrogen and oxygen atoms in total. The average Bonchev–Trinajstić information content (AvgIpc) is 3.06. The van der Waals surface area contributed by atoms with Gasteiger partial charge >= 0.3 is 0 Å². The Labute approximate surface area is 285 Å². The van der Waals surface area contributed by atoms with Crippen LogP contribution in [0.25, 0.3) is 0 Å². The normalized spacial score (nSPS) is 14.4. The zero-order chi connectivity index (χ0) is 33.3. The van der Waals surface area contributed by atoms with Gasteiger partial charge in [-0.3, -0.25) is 0 Å². The fourth-order valence-electron chi connectivity index (χ4n) is 4.37. The Balaban J connectivity index is 3.60. The van der Waals surface area contributed by atoms with E-state index >= 15 is 0 Å². The van der Waals surface area contributed by atoms with Crippen molar-refractivity contribution in [2.75, 3.05) is 0 Å². The number of allylic oxidation sites excluding steroid dienone is 24. The third-order valence-electron chi connectivity index (χ3n) is 7.01. The molecule has 0 rings (SSSR count). The maximum Gasteiger partial charge on any atom is 0.0540 e. The summed E-state index contributed by atoms with van der Waals surface area (Å²) >= 11 is 0. The van der Waals surface area contributed by atoms with E-state index in [0.717, 1.165) is 116 Å². The van der Waals surface area contributed by atoms with E-state index in [-0.39, 0.29) is 6.10 Å². The molecule has 0 aliphatic rings. The lowest BCUT2D eigenvalue weighted by Gasteiger charge is -2.08. The summed E-state index contributed by atoms with van der Waals surface area (Å²) in [7, 11) is 0. The average molecular weight is 625 g/mol. The van der Waals surface area contributed by atoms with Crippen LogP contribution in [0.1, 0.15) is 129 Å². The summed E-state index contributed by atoms with van der Waals surface area (Å²) < 4.78 is 0. The first-order chi connectivity index (χ1) is 22.8. The maximum atomic E-state index is 10.3. The van der Waals surface area contributed by atoms with Gasteiger partial charge in [-0.1, -0.05) is 160 Å². The van der Waals surface area contributed by atoms with Crippen LogP contribution >= 0.6 is 0 Å². The number of hydrogen-bond acceptors (Lipinski definition) is 1. The summed E-state index contributed by atoms with van der Waals surface area (Å²) in [5, 5.41) is 10.3.